The summed E-state index contributed by atoms with van der Waals surface area (Å²) in [5.74, 6) is 0. The van der Waals surface area contributed by atoms with Crippen LogP contribution in [0.25, 0.3) is 11.0 Å². The molecule has 66 valence electrons. The van der Waals surface area contributed by atoms with Crippen LogP contribution in [-0.4, -0.2) is 27.3 Å². The van der Waals surface area contributed by atoms with Crippen LogP contribution in [0.1, 0.15) is 0 Å². The molecule has 2 aromatic rings. The van der Waals surface area contributed by atoms with Gasteiger partial charge in [0.1, 0.15) is 5.58 Å². The molecule has 4 heteroatoms. The van der Waals surface area contributed by atoms with E-state index >= 15 is 0 Å². The van der Waals surface area contributed by atoms with E-state index in [4.69, 9.17) is 4.42 Å². The Labute approximate surface area is 89.4 Å². The van der Waals surface area contributed by atoms with Gasteiger partial charge in [-0.2, -0.15) is 0 Å². The van der Waals surface area contributed by atoms with Gasteiger partial charge in [-0.25, -0.2) is 4.79 Å². The van der Waals surface area contributed by atoms with Crippen molar-refractivity contribution in [1.82, 2.24) is 0 Å². The summed E-state index contributed by atoms with van der Waals surface area (Å²) in [5.41, 5.74) is 0.337. The van der Waals surface area contributed by atoms with Crippen molar-refractivity contribution in [2.24, 2.45) is 0 Å². The quantitative estimate of drug-likeness (QED) is 0.537. The molecular weight excluding hydrogens is 298 g/mol. The van der Waals surface area contributed by atoms with Crippen LogP contribution in [0.5, 0.6) is 0 Å². The Balaban J connectivity index is 0.000000396. The zero-order valence-corrected chi connectivity index (χ0v) is 10.0. The van der Waals surface area contributed by atoms with E-state index in [2.05, 4.69) is 27.3 Å². The van der Waals surface area contributed by atoms with Crippen molar-refractivity contribution in [1.29, 1.82) is 0 Å². The summed E-state index contributed by atoms with van der Waals surface area (Å²) in [4.78, 5) is 10.7. The molecular formula is C9H6O2Se2. The van der Waals surface area contributed by atoms with Crippen LogP contribution >= 0.6 is 0 Å². The fourth-order valence-corrected chi connectivity index (χ4v) is 1.01. The molecule has 13 heavy (non-hydrogen) atoms. The predicted octanol–water partition coefficient (Wildman–Crippen LogP) is 1.03. The van der Waals surface area contributed by atoms with Gasteiger partial charge in [0, 0.05) is 11.5 Å². The standard InChI is InChI=1S/C9H6O2.Se2/c10-9-6-5-7-3-1-2-4-8(7)11-9;1-2/h1-6H;. The zero-order valence-electron chi connectivity index (χ0n) is 6.60. The Morgan fingerprint density at radius 1 is 1.00 bits per heavy atom. The van der Waals surface area contributed by atoms with Gasteiger partial charge in [0.2, 0.25) is 0 Å². The van der Waals surface area contributed by atoms with Crippen molar-refractivity contribution in [3.8, 4) is 0 Å². The summed E-state index contributed by atoms with van der Waals surface area (Å²) in [6, 6.07) is 10.6. The fraction of sp³-hybridized carbons (Fsp3) is 0. The van der Waals surface area contributed by atoms with Gasteiger partial charge in [0.05, 0.1) is 0 Å². The van der Waals surface area contributed by atoms with E-state index in [0.29, 0.717) is 5.58 Å². The average Bonchev–Trinajstić information content (AvgIpc) is 2.21. The van der Waals surface area contributed by atoms with E-state index in [-0.39, 0.29) is 5.63 Å². The maximum absolute atomic E-state index is 10.7. The van der Waals surface area contributed by atoms with Crippen LogP contribution in [0.2, 0.25) is 0 Å². The van der Waals surface area contributed by atoms with Crippen molar-refractivity contribution in [2.45, 2.75) is 0 Å². The molecule has 0 amide bonds. The summed E-state index contributed by atoms with van der Waals surface area (Å²) >= 11 is 5.00. The normalized spacial score (nSPS) is 8.92. The minimum absolute atomic E-state index is 0.302. The van der Waals surface area contributed by atoms with E-state index in [1.54, 1.807) is 12.1 Å². The Bertz CT molecular complexity index is 450. The maximum atomic E-state index is 10.7. The van der Waals surface area contributed by atoms with Gasteiger partial charge < -0.3 is 4.42 Å². The van der Waals surface area contributed by atoms with Crippen LogP contribution in [0, 0.1) is 0 Å². The SMILES string of the molecule is O=c1ccc2ccccc2o1.[Se]=[Se]. The molecule has 1 aromatic carbocycles. The van der Waals surface area contributed by atoms with Crippen molar-refractivity contribution in [2.75, 3.05) is 0 Å². The van der Waals surface area contributed by atoms with Crippen LogP contribution in [0.3, 0.4) is 0 Å². The topological polar surface area (TPSA) is 30.2 Å². The molecule has 0 N–H and O–H groups in total. The number of rotatable bonds is 0. The van der Waals surface area contributed by atoms with E-state index in [1.807, 2.05) is 18.2 Å². The van der Waals surface area contributed by atoms with E-state index in [0.717, 1.165) is 5.39 Å². The predicted molar refractivity (Wildman–Crippen MR) is 54.0 cm³/mol. The Kier molecular flexibility index (Phi) is 4.26. The van der Waals surface area contributed by atoms with E-state index in [1.165, 1.54) is 6.07 Å². The molecule has 0 spiro atoms. The molecule has 0 aliphatic heterocycles. The minimum atomic E-state index is -0.302. The zero-order chi connectivity index (χ0) is 9.68. The van der Waals surface area contributed by atoms with Gasteiger partial charge >= 0.3 is 32.9 Å². The molecule has 0 saturated carbocycles. The third-order valence-corrected chi connectivity index (χ3v) is 1.53. The van der Waals surface area contributed by atoms with Gasteiger partial charge in [0.25, 0.3) is 0 Å². The monoisotopic (exact) mass is 306 g/mol. The number of hydrogen-bond acceptors (Lipinski definition) is 2. The number of para-hydroxylation sites is 1. The van der Waals surface area contributed by atoms with Gasteiger partial charge in [-0.05, 0) is 12.1 Å². The van der Waals surface area contributed by atoms with Gasteiger partial charge in [-0.15, -0.1) is 0 Å². The summed E-state index contributed by atoms with van der Waals surface area (Å²) in [6.07, 6.45) is 0. The van der Waals surface area contributed by atoms with Crippen LogP contribution in [0.15, 0.2) is 45.6 Å². The Morgan fingerprint density at radius 3 is 2.46 bits per heavy atom. The van der Waals surface area contributed by atoms with Crippen LogP contribution in [0.4, 0.5) is 0 Å². The molecule has 0 unspecified atom stereocenters. The molecule has 0 aliphatic carbocycles. The molecule has 2 nitrogen and oxygen atoms in total. The molecule has 2 rings (SSSR count). The summed E-state index contributed by atoms with van der Waals surface area (Å²) in [6.45, 7) is 0. The first kappa shape index (κ1) is 10.5. The van der Waals surface area contributed by atoms with Crippen molar-refractivity contribution < 1.29 is 4.42 Å². The molecule has 0 saturated heterocycles. The molecule has 0 bridgehead atoms. The molecule has 0 aliphatic rings. The first-order valence-corrected chi connectivity index (χ1v) is 7.85. The molecule has 0 atom stereocenters. The first-order chi connectivity index (χ1) is 6.36. The Hall–Kier alpha value is -0.531. The number of fused-ring (bicyclic) bond motifs is 1. The summed E-state index contributed by atoms with van der Waals surface area (Å²) in [7, 11) is 0. The van der Waals surface area contributed by atoms with Crippen molar-refractivity contribution in [3.05, 3.63) is 46.8 Å². The van der Waals surface area contributed by atoms with Crippen molar-refractivity contribution in [3.63, 3.8) is 0 Å². The molecule has 0 fully saturated rings. The first-order valence-electron chi connectivity index (χ1n) is 3.52. The average molecular weight is 304 g/mol. The van der Waals surface area contributed by atoms with Crippen LogP contribution in [-0.2, 0) is 0 Å². The Morgan fingerprint density at radius 2 is 1.69 bits per heavy atom. The molecule has 1 heterocycles. The second-order valence-electron chi connectivity index (χ2n) is 2.29. The van der Waals surface area contributed by atoms with E-state index < -0.39 is 0 Å². The van der Waals surface area contributed by atoms with Gasteiger partial charge in [-0.3, -0.25) is 0 Å². The molecule has 0 radical (unpaired) electrons. The fourth-order valence-electron chi connectivity index (χ4n) is 1.01. The molecule has 1 aromatic heterocycles. The van der Waals surface area contributed by atoms with Gasteiger partial charge in [0.15, 0.2) is 0 Å². The summed E-state index contributed by atoms with van der Waals surface area (Å²) in [5, 5.41) is 0.951. The number of hydrogen-bond donors (Lipinski definition) is 0. The number of benzene rings is 1. The summed E-state index contributed by atoms with van der Waals surface area (Å²) < 4.78 is 4.91. The second-order valence-corrected chi connectivity index (χ2v) is 2.29. The second kappa shape index (κ2) is 5.25. The third kappa shape index (κ3) is 2.71. The van der Waals surface area contributed by atoms with E-state index in [9.17, 15) is 4.79 Å². The van der Waals surface area contributed by atoms with Gasteiger partial charge in [-0.1, -0.05) is 18.2 Å². The van der Waals surface area contributed by atoms with Crippen molar-refractivity contribution >= 4 is 38.3 Å². The van der Waals surface area contributed by atoms with Crippen LogP contribution < -0.4 is 5.63 Å². The third-order valence-electron chi connectivity index (χ3n) is 1.53.